The van der Waals surface area contributed by atoms with Crippen LogP contribution in [0.25, 0.3) is 68.4 Å². The van der Waals surface area contributed by atoms with E-state index < -0.39 is 0 Å². The van der Waals surface area contributed by atoms with Crippen LogP contribution in [0.2, 0.25) is 0 Å². The lowest BCUT2D eigenvalue weighted by Crippen LogP contribution is -2.29. The molecule has 9 rings (SSSR count). The number of anilines is 2. The van der Waals surface area contributed by atoms with Gasteiger partial charge in [0.05, 0.1) is 17.4 Å². The Kier molecular flexibility index (Phi) is 11.9. The Bertz CT molecular complexity index is 3070. The SMILES string of the molecule is C=CC=CC(CC)c1nc(-c2ccc(N3c4ccc(C(=C)C=c5c6c(n(C(C=CCC)=CC)c5=CC)C=CCC6)cc4C4=CC=CCC43)cc2)cc(-c2ccc3ccccc3c2)n1. The van der Waals surface area contributed by atoms with E-state index in [4.69, 9.17) is 16.5 Å². The molecule has 0 saturated carbocycles. The lowest BCUT2D eigenvalue weighted by Gasteiger charge is -2.28. The average molecular weight is 821 g/mol. The van der Waals surface area contributed by atoms with E-state index in [0.717, 1.165) is 77.3 Å². The molecule has 2 aliphatic carbocycles. The fourth-order valence-corrected chi connectivity index (χ4v) is 9.54. The molecule has 0 bridgehead atoms. The van der Waals surface area contributed by atoms with Crippen LogP contribution in [0, 0.1) is 0 Å². The van der Waals surface area contributed by atoms with E-state index in [2.05, 4.69) is 202 Å². The van der Waals surface area contributed by atoms with Crippen molar-refractivity contribution in [1.29, 1.82) is 0 Å². The number of allylic oxidation sites excluding steroid dienone is 11. The first-order valence-corrected chi connectivity index (χ1v) is 22.6. The van der Waals surface area contributed by atoms with E-state index in [1.54, 1.807) is 0 Å². The van der Waals surface area contributed by atoms with Crippen LogP contribution >= 0.6 is 0 Å². The molecule has 4 nitrogen and oxygen atoms in total. The molecule has 0 fully saturated rings. The summed E-state index contributed by atoms with van der Waals surface area (Å²) in [5.41, 5.74) is 15.0. The van der Waals surface area contributed by atoms with Crippen LogP contribution in [-0.4, -0.2) is 20.6 Å². The molecule has 3 heterocycles. The molecular formula is C59H56N4. The smallest absolute Gasteiger partial charge is 0.136 e. The van der Waals surface area contributed by atoms with Gasteiger partial charge in [-0.1, -0.05) is 142 Å². The molecule has 0 amide bonds. The summed E-state index contributed by atoms with van der Waals surface area (Å²) >= 11 is 0. The van der Waals surface area contributed by atoms with Gasteiger partial charge >= 0.3 is 0 Å². The van der Waals surface area contributed by atoms with Gasteiger partial charge in [0.25, 0.3) is 0 Å². The van der Waals surface area contributed by atoms with Crippen LogP contribution in [-0.2, 0) is 6.42 Å². The van der Waals surface area contributed by atoms with Crippen LogP contribution < -0.4 is 15.5 Å². The molecule has 6 aromatic rings. The van der Waals surface area contributed by atoms with Crippen LogP contribution in [0.1, 0.15) is 87.5 Å². The van der Waals surface area contributed by atoms with Crippen LogP contribution in [0.15, 0.2) is 165 Å². The summed E-state index contributed by atoms with van der Waals surface area (Å²) in [7, 11) is 0. The fourth-order valence-electron chi connectivity index (χ4n) is 9.54. The zero-order valence-electron chi connectivity index (χ0n) is 37.1. The molecule has 1 aliphatic heterocycles. The summed E-state index contributed by atoms with van der Waals surface area (Å²) in [5.74, 6) is 0.887. The summed E-state index contributed by atoms with van der Waals surface area (Å²) in [6.45, 7) is 17.3. The van der Waals surface area contributed by atoms with E-state index in [1.165, 1.54) is 55.1 Å². The Balaban J connectivity index is 1.08. The molecule has 2 atom stereocenters. The Labute approximate surface area is 373 Å². The van der Waals surface area contributed by atoms with Gasteiger partial charge in [0.1, 0.15) is 5.82 Å². The molecule has 312 valence electrons. The average Bonchev–Trinajstić information content (AvgIpc) is 3.83. The number of fused-ring (bicyclic) bond motifs is 5. The highest BCUT2D eigenvalue weighted by atomic mass is 15.2. The maximum Gasteiger partial charge on any atom is 0.136 e. The van der Waals surface area contributed by atoms with Gasteiger partial charge < -0.3 is 9.47 Å². The molecule has 3 aliphatic rings. The number of hydrogen-bond acceptors (Lipinski definition) is 3. The first kappa shape index (κ1) is 41.3. The third kappa shape index (κ3) is 7.87. The van der Waals surface area contributed by atoms with Gasteiger partial charge in [-0.3, -0.25) is 0 Å². The number of aromatic nitrogens is 3. The Morgan fingerprint density at radius 3 is 2.44 bits per heavy atom. The second kappa shape index (κ2) is 18.1. The molecule has 0 radical (unpaired) electrons. The fraction of sp³-hybridized carbons (Fsp3) is 0.186. The summed E-state index contributed by atoms with van der Waals surface area (Å²) in [5, 5.41) is 4.90. The lowest BCUT2D eigenvalue weighted by molar-refractivity contribution is 0.742. The van der Waals surface area contributed by atoms with Gasteiger partial charge in [0.15, 0.2) is 0 Å². The van der Waals surface area contributed by atoms with E-state index in [0.29, 0.717) is 0 Å². The molecule has 4 heteroatoms. The summed E-state index contributed by atoms with van der Waals surface area (Å²) < 4.78 is 2.42. The highest BCUT2D eigenvalue weighted by molar-refractivity contribution is 5.97. The number of rotatable bonds is 12. The molecule has 63 heavy (non-hydrogen) atoms. The maximum atomic E-state index is 5.21. The molecule has 2 aromatic heterocycles. The highest BCUT2D eigenvalue weighted by Crippen LogP contribution is 2.48. The van der Waals surface area contributed by atoms with E-state index >= 15 is 0 Å². The minimum atomic E-state index is 0.0697. The quantitative estimate of drug-likeness (QED) is 0.115. The molecule has 0 saturated heterocycles. The first-order valence-electron chi connectivity index (χ1n) is 22.6. The highest BCUT2D eigenvalue weighted by Gasteiger charge is 2.35. The van der Waals surface area contributed by atoms with Gasteiger partial charge in [-0.15, -0.1) is 0 Å². The van der Waals surface area contributed by atoms with Crippen molar-refractivity contribution in [3.63, 3.8) is 0 Å². The molecule has 2 unspecified atom stereocenters. The van der Waals surface area contributed by atoms with E-state index in [1.807, 2.05) is 12.2 Å². The zero-order chi connectivity index (χ0) is 43.5. The van der Waals surface area contributed by atoms with Gasteiger partial charge in [0.2, 0.25) is 0 Å². The second-order valence-electron chi connectivity index (χ2n) is 16.6. The van der Waals surface area contributed by atoms with E-state index in [9.17, 15) is 0 Å². The van der Waals surface area contributed by atoms with Crippen molar-refractivity contribution in [1.82, 2.24) is 14.5 Å². The van der Waals surface area contributed by atoms with Crippen molar-refractivity contribution in [2.75, 3.05) is 4.90 Å². The summed E-state index contributed by atoms with van der Waals surface area (Å²) in [6.07, 6.45) is 33.5. The molecular weight excluding hydrogens is 765 g/mol. The molecule has 0 spiro atoms. The van der Waals surface area contributed by atoms with Crippen LogP contribution in [0.5, 0.6) is 0 Å². The third-order valence-electron chi connectivity index (χ3n) is 12.8. The molecule has 4 aromatic carbocycles. The Hall–Kier alpha value is -7.04. The van der Waals surface area contributed by atoms with Crippen molar-refractivity contribution < 1.29 is 0 Å². The topological polar surface area (TPSA) is 34.0 Å². The maximum absolute atomic E-state index is 5.21. The number of nitrogens with zero attached hydrogens (tertiary/aromatic N) is 4. The predicted molar refractivity (Wildman–Crippen MR) is 271 cm³/mol. The Morgan fingerprint density at radius 2 is 1.68 bits per heavy atom. The van der Waals surface area contributed by atoms with Crippen LogP contribution in [0.3, 0.4) is 0 Å². The zero-order valence-corrected chi connectivity index (χ0v) is 37.1. The van der Waals surface area contributed by atoms with Gasteiger partial charge in [-0.25, -0.2) is 9.97 Å². The van der Waals surface area contributed by atoms with Gasteiger partial charge in [-0.2, -0.15) is 0 Å². The van der Waals surface area contributed by atoms with Crippen LogP contribution in [0.4, 0.5) is 11.4 Å². The minimum absolute atomic E-state index is 0.0697. The van der Waals surface area contributed by atoms with Gasteiger partial charge in [-0.05, 0) is 134 Å². The summed E-state index contributed by atoms with van der Waals surface area (Å²) in [4.78, 5) is 12.9. The number of benzene rings is 4. The standard InChI is InChI=1S/C59H56N4/c1-7-12-20-41(9-3)59-60-53(39-54(61-59)46-29-28-42-21-14-15-22-45(42)37-46)43-30-33-48(34-31-43)63-57-27-19-17-25-50(57)52-38-44(32-35-58(52)63)40(6)36-51-49-24-16-18-26-56(49)62(55(51)11-5)47(10-4)23-13-8-2/h7,10-15,17-23,25-26,28-39,41,57H,1,6,8-9,16,24,27H2,2-5H3. The predicted octanol–water partition coefficient (Wildman–Crippen LogP) is 13.9. The van der Waals surface area contributed by atoms with Crippen molar-refractivity contribution >= 4 is 57.2 Å². The van der Waals surface area contributed by atoms with E-state index in [-0.39, 0.29) is 12.0 Å². The third-order valence-corrected chi connectivity index (χ3v) is 12.8. The van der Waals surface area contributed by atoms with Crippen molar-refractivity contribution in [3.05, 3.63) is 204 Å². The summed E-state index contributed by atoms with van der Waals surface area (Å²) in [6, 6.07) is 33.3. The largest absolute Gasteiger partial charge is 0.333 e. The minimum Gasteiger partial charge on any atom is -0.333 e. The van der Waals surface area contributed by atoms with Crippen molar-refractivity contribution in [2.24, 2.45) is 0 Å². The first-order chi connectivity index (χ1) is 30.9. The second-order valence-corrected chi connectivity index (χ2v) is 16.6. The monoisotopic (exact) mass is 820 g/mol. The normalized spacial score (nSPS) is 16.8. The Morgan fingerprint density at radius 1 is 0.889 bits per heavy atom. The van der Waals surface area contributed by atoms with Crippen molar-refractivity contribution in [2.45, 2.75) is 71.8 Å². The lowest BCUT2D eigenvalue weighted by atomic mass is 9.93. The van der Waals surface area contributed by atoms with Gasteiger partial charge in [0, 0.05) is 55.9 Å². The molecule has 0 N–H and O–H groups in total. The van der Waals surface area contributed by atoms with Crippen molar-refractivity contribution in [3.8, 4) is 22.5 Å². The number of hydrogen-bond donors (Lipinski definition) is 0.